The molecule has 2 atom stereocenters. The molecular weight excluding hydrogens is 250 g/mol. The van der Waals surface area contributed by atoms with Crippen molar-refractivity contribution < 1.29 is 9.59 Å². The van der Waals surface area contributed by atoms with Gasteiger partial charge in [0.1, 0.15) is 6.04 Å². The first kappa shape index (κ1) is 13.7. The van der Waals surface area contributed by atoms with Gasteiger partial charge in [-0.1, -0.05) is 0 Å². The molecule has 18 heavy (non-hydrogen) atoms. The third-order valence-electron chi connectivity index (χ3n) is 3.47. The fourth-order valence-electron chi connectivity index (χ4n) is 2.45. The van der Waals surface area contributed by atoms with E-state index in [1.165, 1.54) is 0 Å². The molecule has 2 aliphatic heterocycles. The Morgan fingerprint density at radius 1 is 1.67 bits per heavy atom. The van der Waals surface area contributed by atoms with Crippen molar-refractivity contribution in [2.45, 2.75) is 50.1 Å². The molecule has 2 rings (SSSR count). The Bertz CT molecular complexity index is 380. The van der Waals surface area contributed by atoms with Crippen LogP contribution in [0.3, 0.4) is 0 Å². The first-order valence-corrected chi connectivity index (χ1v) is 7.24. The van der Waals surface area contributed by atoms with Crippen LogP contribution in [-0.4, -0.2) is 45.5 Å². The molecule has 2 heterocycles. The Balaban J connectivity index is 2.02. The maximum Gasteiger partial charge on any atom is 0.243 e. The summed E-state index contributed by atoms with van der Waals surface area (Å²) in [5, 5.41) is 2.84. The molecule has 2 fully saturated rings. The number of carbonyl (C=O) groups is 2. The number of nitrogens with two attached hydrogens (primary N) is 1. The highest BCUT2D eigenvalue weighted by atomic mass is 32.2. The molecule has 0 aromatic rings. The van der Waals surface area contributed by atoms with Gasteiger partial charge < -0.3 is 16.0 Å². The van der Waals surface area contributed by atoms with Crippen molar-refractivity contribution in [1.29, 1.82) is 0 Å². The molecule has 0 bridgehead atoms. The number of fused-ring (bicyclic) bond motifs is 1. The first-order chi connectivity index (χ1) is 8.23. The molecule has 0 radical (unpaired) electrons. The molecule has 6 heteroatoms. The Hall–Kier alpha value is -0.750. The zero-order valence-electron chi connectivity index (χ0n) is 11.2. The Morgan fingerprint density at radius 2 is 2.33 bits per heavy atom. The lowest BCUT2D eigenvalue weighted by molar-refractivity contribution is -0.138. The molecule has 0 spiro atoms. The van der Waals surface area contributed by atoms with Crippen LogP contribution in [0, 0.1) is 0 Å². The van der Waals surface area contributed by atoms with Crippen LogP contribution in [0.1, 0.15) is 33.6 Å². The minimum absolute atomic E-state index is 0.0833. The van der Waals surface area contributed by atoms with E-state index >= 15 is 0 Å². The van der Waals surface area contributed by atoms with E-state index in [4.69, 9.17) is 5.73 Å². The van der Waals surface area contributed by atoms with Crippen molar-refractivity contribution in [3.63, 3.8) is 0 Å². The third-order valence-corrected chi connectivity index (χ3v) is 4.97. The predicted molar refractivity (Wildman–Crippen MR) is 72.0 cm³/mol. The van der Waals surface area contributed by atoms with Gasteiger partial charge in [0.05, 0.1) is 4.87 Å². The summed E-state index contributed by atoms with van der Waals surface area (Å²) in [4.78, 5) is 25.6. The van der Waals surface area contributed by atoms with Crippen LogP contribution in [0.2, 0.25) is 0 Å². The Morgan fingerprint density at radius 3 is 2.94 bits per heavy atom. The van der Waals surface area contributed by atoms with Gasteiger partial charge in [-0.15, -0.1) is 11.8 Å². The number of carbonyl (C=O) groups excluding carboxylic acids is 2. The van der Waals surface area contributed by atoms with E-state index in [9.17, 15) is 9.59 Å². The maximum atomic E-state index is 12.1. The molecule has 2 amide bonds. The van der Waals surface area contributed by atoms with E-state index in [0.717, 1.165) is 6.42 Å². The van der Waals surface area contributed by atoms with Crippen molar-refractivity contribution in [2.24, 2.45) is 5.73 Å². The zero-order chi connectivity index (χ0) is 13.6. The molecule has 0 saturated carbocycles. The van der Waals surface area contributed by atoms with Crippen LogP contribution in [0.5, 0.6) is 0 Å². The number of nitrogens with zero attached hydrogens (tertiary/aromatic N) is 1. The third kappa shape index (κ3) is 2.49. The van der Waals surface area contributed by atoms with Crippen molar-refractivity contribution >= 4 is 23.6 Å². The second kappa shape index (κ2) is 4.42. The Labute approximate surface area is 112 Å². The Kier molecular flexibility index (Phi) is 3.36. The summed E-state index contributed by atoms with van der Waals surface area (Å²) in [6, 6.07) is -0.336. The summed E-state index contributed by atoms with van der Waals surface area (Å²) in [7, 11) is 0. The van der Waals surface area contributed by atoms with Gasteiger partial charge in [0.25, 0.3) is 0 Å². The van der Waals surface area contributed by atoms with Crippen LogP contribution >= 0.6 is 11.8 Å². The van der Waals surface area contributed by atoms with Gasteiger partial charge in [-0.25, -0.2) is 0 Å². The second-order valence-electron chi connectivity index (χ2n) is 5.97. The summed E-state index contributed by atoms with van der Waals surface area (Å²) in [5.74, 6) is 0.689. The lowest BCUT2D eigenvalue weighted by Gasteiger charge is -2.30. The molecule has 5 nitrogen and oxygen atoms in total. The van der Waals surface area contributed by atoms with E-state index in [1.807, 2.05) is 20.8 Å². The summed E-state index contributed by atoms with van der Waals surface area (Å²) >= 11 is 1.70. The summed E-state index contributed by atoms with van der Waals surface area (Å²) in [6.07, 6.45) is 1.39. The van der Waals surface area contributed by atoms with Gasteiger partial charge in [0, 0.05) is 24.3 Å². The SMILES string of the molecule is CC(C)(N)CNC(=O)C1CSC2(C)CCC(=O)N12. The van der Waals surface area contributed by atoms with Gasteiger partial charge in [0.15, 0.2) is 0 Å². The number of hydrogen-bond donors (Lipinski definition) is 2. The topological polar surface area (TPSA) is 75.4 Å². The second-order valence-corrected chi connectivity index (χ2v) is 7.47. The quantitative estimate of drug-likeness (QED) is 0.774. The van der Waals surface area contributed by atoms with Crippen LogP contribution in [0.15, 0.2) is 0 Å². The molecule has 2 aliphatic rings. The smallest absolute Gasteiger partial charge is 0.243 e. The van der Waals surface area contributed by atoms with Crippen molar-refractivity contribution in [2.75, 3.05) is 12.3 Å². The highest BCUT2D eigenvalue weighted by molar-refractivity contribution is 8.01. The average molecular weight is 271 g/mol. The first-order valence-electron chi connectivity index (χ1n) is 6.26. The number of amides is 2. The lowest BCUT2D eigenvalue weighted by atomic mass is 10.1. The van der Waals surface area contributed by atoms with Gasteiger partial charge in [-0.2, -0.15) is 0 Å². The van der Waals surface area contributed by atoms with Crippen LogP contribution in [-0.2, 0) is 9.59 Å². The van der Waals surface area contributed by atoms with E-state index in [0.29, 0.717) is 18.7 Å². The molecule has 0 aliphatic carbocycles. The normalized spacial score (nSPS) is 31.7. The molecular formula is C12H21N3O2S. The largest absolute Gasteiger partial charge is 0.352 e. The number of thioether (sulfide) groups is 1. The molecule has 2 saturated heterocycles. The van der Waals surface area contributed by atoms with E-state index < -0.39 is 5.54 Å². The summed E-state index contributed by atoms with van der Waals surface area (Å²) in [5.41, 5.74) is 5.41. The van der Waals surface area contributed by atoms with Gasteiger partial charge in [-0.3, -0.25) is 9.59 Å². The number of rotatable bonds is 3. The van der Waals surface area contributed by atoms with E-state index in [-0.39, 0.29) is 22.7 Å². The highest BCUT2D eigenvalue weighted by Crippen LogP contribution is 2.47. The predicted octanol–water partition coefficient (Wildman–Crippen LogP) is 0.294. The minimum atomic E-state index is -0.431. The van der Waals surface area contributed by atoms with Gasteiger partial charge in [0.2, 0.25) is 11.8 Å². The summed E-state index contributed by atoms with van der Waals surface area (Å²) in [6.45, 7) is 6.19. The minimum Gasteiger partial charge on any atom is -0.352 e. The van der Waals surface area contributed by atoms with Gasteiger partial charge >= 0.3 is 0 Å². The maximum absolute atomic E-state index is 12.1. The van der Waals surface area contributed by atoms with Crippen LogP contribution in [0.25, 0.3) is 0 Å². The zero-order valence-corrected chi connectivity index (χ0v) is 12.0. The van der Waals surface area contributed by atoms with Crippen molar-refractivity contribution in [3.05, 3.63) is 0 Å². The lowest BCUT2D eigenvalue weighted by Crippen LogP contribution is -2.53. The van der Waals surface area contributed by atoms with Crippen LogP contribution < -0.4 is 11.1 Å². The molecule has 102 valence electrons. The summed E-state index contributed by atoms with van der Waals surface area (Å²) < 4.78 is 0. The number of nitrogens with one attached hydrogen (secondary N) is 1. The highest BCUT2D eigenvalue weighted by Gasteiger charge is 2.52. The molecule has 0 aromatic carbocycles. The van der Waals surface area contributed by atoms with E-state index in [1.54, 1.807) is 16.7 Å². The molecule has 0 aromatic heterocycles. The standard InChI is InChI=1S/C12H21N3O2S/c1-11(2,13)7-14-10(17)8-6-18-12(3)5-4-9(16)15(8)12/h8H,4-7,13H2,1-3H3,(H,14,17). The fourth-order valence-corrected chi connectivity index (χ4v) is 3.88. The number of hydrogen-bond acceptors (Lipinski definition) is 4. The van der Waals surface area contributed by atoms with Gasteiger partial charge in [-0.05, 0) is 27.2 Å². The van der Waals surface area contributed by atoms with E-state index in [2.05, 4.69) is 5.32 Å². The fraction of sp³-hybridized carbons (Fsp3) is 0.833. The van der Waals surface area contributed by atoms with Crippen molar-refractivity contribution in [1.82, 2.24) is 10.2 Å². The average Bonchev–Trinajstić information content (AvgIpc) is 2.73. The van der Waals surface area contributed by atoms with Crippen molar-refractivity contribution in [3.8, 4) is 0 Å². The monoisotopic (exact) mass is 271 g/mol. The molecule has 3 N–H and O–H groups in total. The molecule has 2 unspecified atom stereocenters. The van der Waals surface area contributed by atoms with Crippen LogP contribution in [0.4, 0.5) is 0 Å².